The Kier molecular flexibility index (Phi) is 2.95. The number of hydrogen-bond donors (Lipinski definition) is 1. The second-order valence-electron chi connectivity index (χ2n) is 3.95. The maximum Gasteiger partial charge on any atom is 0.119 e. The second-order valence-corrected chi connectivity index (χ2v) is 3.95. The number of methoxy groups -OCH3 is 1. The van der Waals surface area contributed by atoms with Crippen molar-refractivity contribution < 1.29 is 4.74 Å². The third-order valence-electron chi connectivity index (χ3n) is 2.90. The van der Waals surface area contributed by atoms with E-state index in [9.17, 15) is 0 Å². The quantitative estimate of drug-likeness (QED) is 0.762. The summed E-state index contributed by atoms with van der Waals surface area (Å²) < 4.78 is 5.12. The highest BCUT2D eigenvalue weighted by atomic mass is 16.5. The molecule has 0 amide bonds. The molecule has 0 aliphatic heterocycles. The summed E-state index contributed by atoms with van der Waals surface area (Å²) in [5.74, 6) is 0.902. The van der Waals surface area contributed by atoms with Gasteiger partial charge in [0.1, 0.15) is 5.75 Å². The fourth-order valence-corrected chi connectivity index (χ4v) is 1.92. The van der Waals surface area contributed by atoms with E-state index >= 15 is 0 Å². The van der Waals surface area contributed by atoms with Gasteiger partial charge in [-0.15, -0.1) is 0 Å². The zero-order valence-electron chi connectivity index (χ0n) is 9.29. The molecule has 0 spiro atoms. The van der Waals surface area contributed by atoms with Gasteiger partial charge in [-0.2, -0.15) is 0 Å². The second kappa shape index (κ2) is 4.39. The number of benzene rings is 1. The summed E-state index contributed by atoms with van der Waals surface area (Å²) in [6.07, 6.45) is 4.71. The number of rotatable bonds is 3. The van der Waals surface area contributed by atoms with E-state index in [2.05, 4.69) is 30.4 Å². The first kappa shape index (κ1) is 10.1. The van der Waals surface area contributed by atoms with Crippen LogP contribution in [0.4, 0.5) is 5.69 Å². The lowest BCUT2D eigenvalue weighted by molar-refractivity contribution is 0.415. The molecule has 15 heavy (non-hydrogen) atoms. The highest BCUT2D eigenvalue weighted by Gasteiger charge is 2.14. The summed E-state index contributed by atoms with van der Waals surface area (Å²) in [7, 11) is 1.69. The molecular formula is C13H17NO. The minimum atomic E-state index is 0.512. The molecule has 2 nitrogen and oxygen atoms in total. The van der Waals surface area contributed by atoms with E-state index < -0.39 is 0 Å². The van der Waals surface area contributed by atoms with E-state index in [4.69, 9.17) is 4.74 Å². The van der Waals surface area contributed by atoms with Crippen molar-refractivity contribution in [2.75, 3.05) is 12.4 Å². The number of anilines is 1. The molecule has 0 aromatic heterocycles. The van der Waals surface area contributed by atoms with Crippen molar-refractivity contribution in [2.45, 2.75) is 25.8 Å². The Labute approximate surface area is 91.0 Å². The van der Waals surface area contributed by atoms with Gasteiger partial charge in [0.25, 0.3) is 0 Å². The normalized spacial score (nSPS) is 19.9. The average molecular weight is 203 g/mol. The Morgan fingerprint density at radius 1 is 1.27 bits per heavy atom. The van der Waals surface area contributed by atoms with Gasteiger partial charge in [-0.05, 0) is 44.0 Å². The summed E-state index contributed by atoms with van der Waals surface area (Å²) in [5.41, 5.74) is 2.61. The van der Waals surface area contributed by atoms with Gasteiger partial charge in [0, 0.05) is 11.7 Å². The Balaban J connectivity index is 2.01. The van der Waals surface area contributed by atoms with Crippen LogP contribution < -0.4 is 10.1 Å². The summed E-state index contributed by atoms with van der Waals surface area (Å²) >= 11 is 0. The minimum absolute atomic E-state index is 0.512. The molecule has 0 bridgehead atoms. The van der Waals surface area contributed by atoms with Crippen molar-refractivity contribution in [3.63, 3.8) is 0 Å². The molecule has 0 fully saturated rings. The predicted molar refractivity (Wildman–Crippen MR) is 63.4 cm³/mol. The molecule has 1 N–H and O–H groups in total. The molecule has 0 radical (unpaired) electrons. The molecule has 1 aromatic carbocycles. The maximum absolute atomic E-state index is 5.12. The third-order valence-corrected chi connectivity index (χ3v) is 2.90. The summed E-state index contributed by atoms with van der Waals surface area (Å²) in [6, 6.07) is 8.60. The van der Waals surface area contributed by atoms with Crippen LogP contribution in [0.5, 0.6) is 5.75 Å². The molecule has 2 rings (SSSR count). The van der Waals surface area contributed by atoms with Crippen LogP contribution in [0, 0.1) is 0 Å². The first-order valence-corrected chi connectivity index (χ1v) is 5.37. The Morgan fingerprint density at radius 3 is 2.53 bits per heavy atom. The summed E-state index contributed by atoms with van der Waals surface area (Å²) in [6.45, 7) is 2.19. The SMILES string of the molecule is COc1ccc(N[C@H]2CCC=C2C)cc1. The van der Waals surface area contributed by atoms with Crippen molar-refractivity contribution in [3.05, 3.63) is 35.9 Å². The lowest BCUT2D eigenvalue weighted by atomic mass is 10.1. The van der Waals surface area contributed by atoms with Crippen molar-refractivity contribution in [1.82, 2.24) is 0 Å². The molecule has 0 unspecified atom stereocenters. The van der Waals surface area contributed by atoms with Crippen molar-refractivity contribution in [1.29, 1.82) is 0 Å². The Hall–Kier alpha value is -1.44. The highest BCUT2D eigenvalue weighted by Crippen LogP contribution is 2.23. The van der Waals surface area contributed by atoms with Gasteiger partial charge in [-0.3, -0.25) is 0 Å². The number of nitrogens with one attached hydrogen (secondary N) is 1. The molecule has 1 aliphatic carbocycles. The number of allylic oxidation sites excluding steroid dienone is 1. The van der Waals surface area contributed by atoms with Gasteiger partial charge in [-0.1, -0.05) is 11.6 Å². The highest BCUT2D eigenvalue weighted by molar-refractivity contribution is 5.48. The lowest BCUT2D eigenvalue weighted by Crippen LogP contribution is -2.17. The fraction of sp³-hybridized carbons (Fsp3) is 0.385. The van der Waals surface area contributed by atoms with Gasteiger partial charge >= 0.3 is 0 Å². The van der Waals surface area contributed by atoms with Gasteiger partial charge in [0.2, 0.25) is 0 Å². The first-order chi connectivity index (χ1) is 7.29. The average Bonchev–Trinajstić information content (AvgIpc) is 2.66. The first-order valence-electron chi connectivity index (χ1n) is 5.37. The molecule has 2 heteroatoms. The molecule has 1 aliphatic rings. The van der Waals surface area contributed by atoms with Crippen LogP contribution in [0.1, 0.15) is 19.8 Å². The van der Waals surface area contributed by atoms with E-state index in [0.717, 1.165) is 11.4 Å². The third kappa shape index (κ3) is 2.32. The largest absolute Gasteiger partial charge is 0.497 e. The Bertz CT molecular complexity index is 353. The van der Waals surface area contributed by atoms with Crippen molar-refractivity contribution in [3.8, 4) is 5.75 Å². The van der Waals surface area contributed by atoms with E-state index in [1.54, 1.807) is 7.11 Å². The maximum atomic E-state index is 5.12. The van der Waals surface area contributed by atoms with Crippen molar-refractivity contribution >= 4 is 5.69 Å². The molecule has 0 saturated carbocycles. The summed E-state index contributed by atoms with van der Waals surface area (Å²) in [5, 5.41) is 3.52. The smallest absolute Gasteiger partial charge is 0.119 e. The van der Waals surface area contributed by atoms with Crippen LogP contribution in [-0.2, 0) is 0 Å². The predicted octanol–water partition coefficient (Wildman–Crippen LogP) is 3.22. The molecule has 0 saturated heterocycles. The van der Waals surface area contributed by atoms with Crippen LogP contribution in [-0.4, -0.2) is 13.2 Å². The zero-order valence-corrected chi connectivity index (χ0v) is 9.29. The van der Waals surface area contributed by atoms with Gasteiger partial charge in [0.05, 0.1) is 7.11 Å². The number of hydrogen-bond acceptors (Lipinski definition) is 2. The molecule has 1 aromatic rings. The Morgan fingerprint density at radius 2 is 2.00 bits per heavy atom. The standard InChI is InChI=1S/C13H17NO/c1-10-4-3-5-13(10)14-11-6-8-12(15-2)9-7-11/h4,6-9,13-14H,3,5H2,1-2H3/t13-/m0/s1. The summed E-state index contributed by atoms with van der Waals surface area (Å²) in [4.78, 5) is 0. The van der Waals surface area contributed by atoms with Crippen LogP contribution in [0.2, 0.25) is 0 Å². The van der Waals surface area contributed by atoms with Gasteiger partial charge in [-0.25, -0.2) is 0 Å². The topological polar surface area (TPSA) is 21.3 Å². The van der Waals surface area contributed by atoms with Crippen molar-refractivity contribution in [2.24, 2.45) is 0 Å². The lowest BCUT2D eigenvalue weighted by Gasteiger charge is -2.16. The van der Waals surface area contributed by atoms with E-state index in [1.807, 2.05) is 12.1 Å². The molecule has 1 atom stereocenters. The van der Waals surface area contributed by atoms with E-state index in [0.29, 0.717) is 6.04 Å². The van der Waals surface area contributed by atoms with E-state index in [-0.39, 0.29) is 0 Å². The molecular weight excluding hydrogens is 186 g/mol. The van der Waals surface area contributed by atoms with E-state index in [1.165, 1.54) is 18.4 Å². The fourth-order valence-electron chi connectivity index (χ4n) is 1.92. The van der Waals surface area contributed by atoms with Crippen LogP contribution in [0.25, 0.3) is 0 Å². The zero-order chi connectivity index (χ0) is 10.7. The molecule has 0 heterocycles. The monoisotopic (exact) mass is 203 g/mol. The van der Waals surface area contributed by atoms with Crippen LogP contribution in [0.3, 0.4) is 0 Å². The molecule has 80 valence electrons. The number of ether oxygens (including phenoxy) is 1. The van der Waals surface area contributed by atoms with Gasteiger partial charge < -0.3 is 10.1 Å². The van der Waals surface area contributed by atoms with Gasteiger partial charge in [0.15, 0.2) is 0 Å². The minimum Gasteiger partial charge on any atom is -0.497 e. The van der Waals surface area contributed by atoms with Crippen LogP contribution in [0.15, 0.2) is 35.9 Å². The van der Waals surface area contributed by atoms with Crippen LogP contribution >= 0.6 is 0 Å².